The molecule has 2 saturated heterocycles. The van der Waals surface area contributed by atoms with Gasteiger partial charge in [0.1, 0.15) is 5.75 Å². The number of nitrogens with one attached hydrogen (secondary N) is 1. The highest BCUT2D eigenvalue weighted by molar-refractivity contribution is 5.96. The first-order valence-corrected chi connectivity index (χ1v) is 10.1. The summed E-state index contributed by atoms with van der Waals surface area (Å²) in [5.74, 6) is 1.08. The van der Waals surface area contributed by atoms with Crippen LogP contribution >= 0.6 is 0 Å². The fourth-order valence-corrected chi connectivity index (χ4v) is 5.00. The Hall–Kier alpha value is -1.59. The van der Waals surface area contributed by atoms with Crippen LogP contribution in [0.2, 0.25) is 0 Å². The summed E-state index contributed by atoms with van der Waals surface area (Å²) in [6.45, 7) is 8.35. The number of methoxy groups -OCH3 is 1. The van der Waals surface area contributed by atoms with Crippen LogP contribution in [0, 0.1) is 5.92 Å². The fraction of sp³-hybridized carbons (Fsp3) is 0.682. The highest BCUT2D eigenvalue weighted by Gasteiger charge is 2.56. The van der Waals surface area contributed by atoms with Gasteiger partial charge in [-0.1, -0.05) is 12.1 Å². The fourth-order valence-electron chi connectivity index (χ4n) is 5.00. The maximum Gasteiger partial charge on any atom is 0.255 e. The molecule has 3 fully saturated rings. The molecule has 1 N–H and O–H groups in total. The molecule has 1 aliphatic carbocycles. The number of para-hydroxylation sites is 1. The lowest BCUT2D eigenvalue weighted by Crippen LogP contribution is -2.70. The Morgan fingerprint density at radius 3 is 2.74 bits per heavy atom. The SMILES string of the molecule is COc1ccccc1C(=O)NCCCO[C@@H]1C[C@]2(C)CC[C@H]1C(C)(C)N2C. The van der Waals surface area contributed by atoms with Crippen molar-refractivity contribution < 1.29 is 14.3 Å². The van der Waals surface area contributed by atoms with E-state index in [-0.39, 0.29) is 17.0 Å². The van der Waals surface area contributed by atoms with Crippen LogP contribution in [0.15, 0.2) is 24.3 Å². The largest absolute Gasteiger partial charge is 0.496 e. The molecule has 5 heteroatoms. The molecule has 0 radical (unpaired) electrons. The Balaban J connectivity index is 1.45. The van der Waals surface area contributed by atoms with Crippen molar-refractivity contribution in [3.63, 3.8) is 0 Å². The standard InChI is InChI=1S/C22H34N2O3/c1-21(2)17-11-12-22(3,24(21)4)15-19(17)27-14-8-13-23-20(25)16-9-6-7-10-18(16)26-5/h6-7,9-10,17,19H,8,11-15H2,1-5H3,(H,23,25)/t17-,19-,22+/m1/s1. The molecule has 1 amide bonds. The predicted octanol–water partition coefficient (Wildman–Crippen LogP) is 3.48. The molecule has 3 aliphatic rings. The van der Waals surface area contributed by atoms with Gasteiger partial charge in [-0.3, -0.25) is 9.69 Å². The molecule has 3 atom stereocenters. The van der Waals surface area contributed by atoms with Gasteiger partial charge in [0.15, 0.2) is 0 Å². The van der Waals surface area contributed by atoms with Crippen molar-refractivity contribution in [2.75, 3.05) is 27.3 Å². The number of hydrogen-bond acceptors (Lipinski definition) is 4. The van der Waals surface area contributed by atoms with Gasteiger partial charge in [-0.15, -0.1) is 0 Å². The second-order valence-corrected chi connectivity index (χ2v) is 8.78. The molecule has 0 spiro atoms. The molecule has 27 heavy (non-hydrogen) atoms. The number of rotatable bonds is 7. The molecular formula is C22H34N2O3. The molecule has 4 rings (SSSR count). The van der Waals surface area contributed by atoms with Crippen molar-refractivity contribution in [3.05, 3.63) is 29.8 Å². The minimum absolute atomic E-state index is 0.0977. The van der Waals surface area contributed by atoms with Crippen LogP contribution in [-0.4, -0.2) is 55.3 Å². The van der Waals surface area contributed by atoms with E-state index in [1.807, 2.05) is 12.1 Å². The zero-order valence-electron chi connectivity index (χ0n) is 17.4. The number of piperidine rings is 2. The monoisotopic (exact) mass is 374 g/mol. The van der Waals surface area contributed by atoms with Gasteiger partial charge in [-0.05, 0) is 65.6 Å². The van der Waals surface area contributed by atoms with E-state index in [0.29, 0.717) is 36.5 Å². The van der Waals surface area contributed by atoms with Crippen molar-refractivity contribution in [2.45, 2.75) is 63.6 Å². The molecule has 150 valence electrons. The Morgan fingerprint density at radius 1 is 1.30 bits per heavy atom. The summed E-state index contributed by atoms with van der Waals surface area (Å²) in [7, 11) is 3.84. The number of nitrogens with zero attached hydrogens (tertiary/aromatic N) is 1. The molecule has 0 aromatic heterocycles. The van der Waals surface area contributed by atoms with E-state index in [0.717, 1.165) is 12.8 Å². The van der Waals surface area contributed by atoms with Gasteiger partial charge in [-0.2, -0.15) is 0 Å². The molecule has 1 saturated carbocycles. The van der Waals surface area contributed by atoms with Gasteiger partial charge in [0.25, 0.3) is 5.91 Å². The van der Waals surface area contributed by atoms with Crippen LogP contribution in [0.25, 0.3) is 0 Å². The van der Waals surface area contributed by atoms with E-state index in [1.54, 1.807) is 19.2 Å². The molecule has 2 bridgehead atoms. The average molecular weight is 375 g/mol. The predicted molar refractivity (Wildman–Crippen MR) is 107 cm³/mol. The summed E-state index contributed by atoms with van der Waals surface area (Å²) < 4.78 is 11.5. The average Bonchev–Trinajstić information content (AvgIpc) is 2.65. The van der Waals surface area contributed by atoms with E-state index in [9.17, 15) is 4.79 Å². The lowest BCUT2D eigenvalue weighted by Gasteiger charge is -2.63. The van der Waals surface area contributed by atoms with Gasteiger partial charge >= 0.3 is 0 Å². The third-order valence-corrected chi connectivity index (χ3v) is 6.96. The van der Waals surface area contributed by atoms with Crippen molar-refractivity contribution in [3.8, 4) is 5.75 Å². The second-order valence-electron chi connectivity index (χ2n) is 8.78. The van der Waals surface area contributed by atoms with Gasteiger partial charge < -0.3 is 14.8 Å². The Labute approximate surface area is 163 Å². The van der Waals surface area contributed by atoms with Crippen molar-refractivity contribution >= 4 is 5.91 Å². The number of carbonyl (C=O) groups is 1. The number of benzene rings is 1. The summed E-state index contributed by atoms with van der Waals surface area (Å²) in [4.78, 5) is 14.9. The van der Waals surface area contributed by atoms with Gasteiger partial charge in [0, 0.05) is 30.1 Å². The smallest absolute Gasteiger partial charge is 0.255 e. The summed E-state index contributed by atoms with van der Waals surface area (Å²) in [5, 5.41) is 2.97. The van der Waals surface area contributed by atoms with E-state index in [1.165, 1.54) is 12.8 Å². The van der Waals surface area contributed by atoms with Crippen molar-refractivity contribution in [1.82, 2.24) is 10.2 Å². The lowest BCUT2D eigenvalue weighted by atomic mass is 9.61. The third-order valence-electron chi connectivity index (χ3n) is 6.96. The van der Waals surface area contributed by atoms with Crippen LogP contribution in [-0.2, 0) is 4.74 Å². The molecule has 2 heterocycles. The summed E-state index contributed by atoms with van der Waals surface area (Å²) in [6, 6.07) is 7.29. The number of fused-ring (bicyclic) bond motifs is 3. The number of ether oxygens (including phenoxy) is 2. The molecule has 5 nitrogen and oxygen atoms in total. The maximum absolute atomic E-state index is 12.3. The third kappa shape index (κ3) is 3.85. The van der Waals surface area contributed by atoms with E-state index in [4.69, 9.17) is 9.47 Å². The Morgan fingerprint density at radius 2 is 2.04 bits per heavy atom. The lowest BCUT2D eigenvalue weighted by molar-refractivity contribution is -0.178. The van der Waals surface area contributed by atoms with E-state index >= 15 is 0 Å². The molecule has 0 unspecified atom stereocenters. The van der Waals surface area contributed by atoms with Crippen LogP contribution in [0.1, 0.15) is 56.8 Å². The Bertz CT molecular complexity index is 671. The van der Waals surface area contributed by atoms with Crippen LogP contribution in [0.5, 0.6) is 5.75 Å². The number of hydrogen-bond donors (Lipinski definition) is 1. The van der Waals surface area contributed by atoms with Crippen LogP contribution < -0.4 is 10.1 Å². The van der Waals surface area contributed by atoms with Crippen LogP contribution in [0.4, 0.5) is 0 Å². The zero-order valence-corrected chi connectivity index (χ0v) is 17.4. The van der Waals surface area contributed by atoms with Crippen molar-refractivity contribution in [1.29, 1.82) is 0 Å². The maximum atomic E-state index is 12.3. The first-order valence-electron chi connectivity index (χ1n) is 10.1. The summed E-state index contributed by atoms with van der Waals surface area (Å²) in [5.41, 5.74) is 0.984. The molecule has 2 aliphatic heterocycles. The first kappa shape index (κ1) is 20.2. The van der Waals surface area contributed by atoms with Gasteiger partial charge in [-0.25, -0.2) is 0 Å². The highest BCUT2D eigenvalue weighted by atomic mass is 16.5. The minimum Gasteiger partial charge on any atom is -0.496 e. The molecule has 1 aromatic rings. The van der Waals surface area contributed by atoms with Gasteiger partial charge in [0.05, 0.1) is 18.8 Å². The molecular weight excluding hydrogens is 340 g/mol. The van der Waals surface area contributed by atoms with E-state index in [2.05, 4.69) is 38.0 Å². The number of amides is 1. The van der Waals surface area contributed by atoms with Crippen molar-refractivity contribution in [2.24, 2.45) is 5.92 Å². The minimum atomic E-state index is -0.0977. The highest BCUT2D eigenvalue weighted by Crippen LogP contribution is 2.51. The zero-order chi connectivity index (χ0) is 19.7. The first-order chi connectivity index (χ1) is 12.8. The van der Waals surface area contributed by atoms with Gasteiger partial charge in [0.2, 0.25) is 0 Å². The second kappa shape index (κ2) is 7.80. The number of carbonyl (C=O) groups excluding carboxylic acids is 1. The topological polar surface area (TPSA) is 50.8 Å². The quantitative estimate of drug-likeness (QED) is 0.743. The summed E-state index contributed by atoms with van der Waals surface area (Å²) >= 11 is 0. The summed E-state index contributed by atoms with van der Waals surface area (Å²) in [6.07, 6.45) is 4.73. The normalized spacial score (nSPS) is 29.5. The molecule has 1 aromatic carbocycles. The van der Waals surface area contributed by atoms with E-state index < -0.39 is 0 Å². The Kier molecular flexibility index (Phi) is 5.82. The van der Waals surface area contributed by atoms with Crippen LogP contribution in [0.3, 0.4) is 0 Å².